The third-order valence-electron chi connectivity index (χ3n) is 13.5. The van der Waals surface area contributed by atoms with E-state index in [0.717, 1.165) is 70.6 Å². The fraction of sp³-hybridized carbons (Fsp3) is 0.867. The maximum atomic E-state index is 13.3. The first-order chi connectivity index (χ1) is 32.5. The van der Waals surface area contributed by atoms with Gasteiger partial charge < -0.3 is 20.3 Å². The van der Waals surface area contributed by atoms with E-state index < -0.39 is 18.2 Å². The molecule has 0 aliphatic heterocycles. The number of rotatable bonds is 53. The van der Waals surface area contributed by atoms with Crippen molar-refractivity contribution >= 4 is 11.9 Å². The fourth-order valence-corrected chi connectivity index (χ4v) is 9.03. The zero-order valence-electron chi connectivity index (χ0n) is 44.3. The molecule has 1 amide bonds. The van der Waals surface area contributed by atoms with Crippen molar-refractivity contribution in [2.75, 3.05) is 6.61 Å². The number of aliphatic hydroxyl groups is 2. The molecule has 0 bridgehead atoms. The predicted molar refractivity (Wildman–Crippen MR) is 287 cm³/mol. The maximum absolute atomic E-state index is 13.3. The Kier molecular flexibility index (Phi) is 52.5. The van der Waals surface area contributed by atoms with Gasteiger partial charge in [0.25, 0.3) is 0 Å². The van der Waals surface area contributed by atoms with Crippen LogP contribution in [0.15, 0.2) is 36.5 Å². The maximum Gasteiger partial charge on any atom is 0.306 e. The summed E-state index contributed by atoms with van der Waals surface area (Å²) < 4.78 is 5.95. The minimum Gasteiger partial charge on any atom is -0.462 e. The van der Waals surface area contributed by atoms with E-state index in [2.05, 4.69) is 62.5 Å². The van der Waals surface area contributed by atoms with E-state index in [1.54, 1.807) is 0 Å². The molecule has 388 valence electrons. The molecular weight excluding hydrogens is 815 g/mol. The number of esters is 1. The number of aliphatic hydroxyl groups excluding tert-OH is 2. The van der Waals surface area contributed by atoms with Crippen molar-refractivity contribution in [3.63, 3.8) is 0 Å². The number of unbranched alkanes of at least 4 members (excludes halogenated alkanes) is 35. The van der Waals surface area contributed by atoms with Crippen molar-refractivity contribution in [2.45, 2.75) is 328 Å². The summed E-state index contributed by atoms with van der Waals surface area (Å²) in [6, 6.07) is -0.712. The first-order valence-electron chi connectivity index (χ1n) is 29.2. The lowest BCUT2D eigenvalue weighted by atomic mass is 10.0. The standard InChI is InChI=1S/C60H113NO5/c1-4-7-10-13-16-19-22-25-28-31-34-37-40-43-46-49-52-58(63)57(55-62)61-59(64)54-56(51-48-45-42-39-36-33-30-27-24-21-18-15-12-9-6-3)66-60(65)53-50-47-44-41-38-35-32-29-26-23-20-17-14-11-8-5-2/h18,21,27,30,36,39,56-58,62-63H,4-17,19-20,22-26,28-29,31-35,37-38,40-55H2,1-3H3,(H,61,64)/b21-18-,30-27-,39-36-. The van der Waals surface area contributed by atoms with Crippen LogP contribution in [0.4, 0.5) is 0 Å². The zero-order chi connectivity index (χ0) is 48.1. The second-order valence-electron chi connectivity index (χ2n) is 20.1. The molecule has 0 aliphatic carbocycles. The second kappa shape index (κ2) is 54.0. The van der Waals surface area contributed by atoms with E-state index in [1.165, 1.54) is 193 Å². The molecule has 3 N–H and O–H groups in total. The predicted octanol–water partition coefficient (Wildman–Crippen LogP) is 18.0. The van der Waals surface area contributed by atoms with Crippen molar-refractivity contribution in [1.82, 2.24) is 5.32 Å². The summed E-state index contributed by atoms with van der Waals surface area (Å²) in [4.78, 5) is 26.3. The molecule has 0 rings (SSSR count). The third-order valence-corrected chi connectivity index (χ3v) is 13.5. The number of carbonyl (C=O) groups is 2. The molecule has 0 radical (unpaired) electrons. The van der Waals surface area contributed by atoms with Crippen molar-refractivity contribution in [3.05, 3.63) is 36.5 Å². The van der Waals surface area contributed by atoms with Crippen LogP contribution < -0.4 is 5.32 Å². The summed E-state index contributed by atoms with van der Waals surface area (Å²) in [5, 5.41) is 23.9. The number of hydrogen-bond acceptors (Lipinski definition) is 5. The fourth-order valence-electron chi connectivity index (χ4n) is 9.03. The van der Waals surface area contributed by atoms with Gasteiger partial charge in [0, 0.05) is 6.42 Å². The molecule has 0 heterocycles. The van der Waals surface area contributed by atoms with Gasteiger partial charge in [0.15, 0.2) is 0 Å². The summed E-state index contributed by atoms with van der Waals surface area (Å²) in [6.07, 6.45) is 65.0. The smallest absolute Gasteiger partial charge is 0.306 e. The van der Waals surface area contributed by atoms with Gasteiger partial charge in [-0.15, -0.1) is 0 Å². The summed E-state index contributed by atoms with van der Waals surface area (Å²) in [5.41, 5.74) is 0. The monoisotopic (exact) mass is 928 g/mol. The summed E-state index contributed by atoms with van der Waals surface area (Å²) in [7, 11) is 0. The molecule has 0 aromatic heterocycles. The van der Waals surface area contributed by atoms with E-state index in [4.69, 9.17) is 4.74 Å². The normalized spacial score (nSPS) is 13.3. The Bertz CT molecular complexity index is 1090. The van der Waals surface area contributed by atoms with Crippen molar-refractivity contribution in [3.8, 4) is 0 Å². The molecule has 6 nitrogen and oxygen atoms in total. The van der Waals surface area contributed by atoms with Crippen LogP contribution in [0.2, 0.25) is 0 Å². The number of carbonyl (C=O) groups excluding carboxylic acids is 2. The molecule has 0 saturated heterocycles. The molecule has 0 saturated carbocycles. The Balaban J connectivity index is 4.56. The minimum atomic E-state index is -0.796. The van der Waals surface area contributed by atoms with E-state index >= 15 is 0 Å². The van der Waals surface area contributed by atoms with Gasteiger partial charge >= 0.3 is 5.97 Å². The average Bonchev–Trinajstić information content (AvgIpc) is 3.31. The lowest BCUT2D eigenvalue weighted by molar-refractivity contribution is -0.151. The third kappa shape index (κ3) is 48.5. The van der Waals surface area contributed by atoms with Crippen LogP contribution in [-0.2, 0) is 14.3 Å². The second-order valence-corrected chi connectivity index (χ2v) is 20.1. The Morgan fingerprint density at radius 1 is 0.439 bits per heavy atom. The van der Waals surface area contributed by atoms with Gasteiger partial charge in [-0.05, 0) is 64.2 Å². The Labute approximate surface area is 411 Å². The van der Waals surface area contributed by atoms with Crippen LogP contribution in [0.3, 0.4) is 0 Å². The highest BCUT2D eigenvalue weighted by atomic mass is 16.5. The lowest BCUT2D eigenvalue weighted by Gasteiger charge is -2.24. The van der Waals surface area contributed by atoms with E-state index in [-0.39, 0.29) is 24.9 Å². The Morgan fingerprint density at radius 2 is 0.773 bits per heavy atom. The van der Waals surface area contributed by atoms with Crippen LogP contribution in [0.5, 0.6) is 0 Å². The Morgan fingerprint density at radius 3 is 1.18 bits per heavy atom. The molecule has 0 aliphatic rings. The summed E-state index contributed by atoms with van der Waals surface area (Å²) >= 11 is 0. The molecule has 3 atom stereocenters. The highest BCUT2D eigenvalue weighted by Crippen LogP contribution is 2.18. The molecule has 0 fully saturated rings. The van der Waals surface area contributed by atoms with Crippen LogP contribution in [0.1, 0.15) is 310 Å². The Hall–Kier alpha value is -1.92. The largest absolute Gasteiger partial charge is 0.462 e. The van der Waals surface area contributed by atoms with E-state index in [9.17, 15) is 19.8 Å². The molecule has 6 heteroatoms. The molecule has 3 unspecified atom stereocenters. The van der Waals surface area contributed by atoms with Crippen LogP contribution in [-0.4, -0.2) is 46.9 Å². The van der Waals surface area contributed by atoms with Gasteiger partial charge in [0.2, 0.25) is 5.91 Å². The van der Waals surface area contributed by atoms with Crippen molar-refractivity contribution < 1.29 is 24.5 Å². The van der Waals surface area contributed by atoms with Crippen molar-refractivity contribution in [1.29, 1.82) is 0 Å². The number of allylic oxidation sites excluding steroid dienone is 6. The molecule has 66 heavy (non-hydrogen) atoms. The van der Waals surface area contributed by atoms with E-state index in [1.807, 2.05) is 0 Å². The van der Waals surface area contributed by atoms with Gasteiger partial charge in [-0.3, -0.25) is 9.59 Å². The van der Waals surface area contributed by atoms with Gasteiger partial charge in [-0.25, -0.2) is 0 Å². The SMILES string of the molecule is CCCCC/C=C\C/C=C\C/C=C\CCCCC(CC(=O)NC(CO)C(O)CCCCCCCCCCCCCCCCCC)OC(=O)CCCCCCCCCCCCCCCCCC. The number of hydrogen-bond donors (Lipinski definition) is 3. The first-order valence-corrected chi connectivity index (χ1v) is 29.2. The quantitative estimate of drug-likeness (QED) is 0.0321. The number of nitrogens with one attached hydrogen (secondary N) is 1. The highest BCUT2D eigenvalue weighted by molar-refractivity contribution is 5.77. The van der Waals surface area contributed by atoms with Gasteiger partial charge in [0.1, 0.15) is 6.10 Å². The van der Waals surface area contributed by atoms with E-state index in [0.29, 0.717) is 19.3 Å². The van der Waals surface area contributed by atoms with Crippen LogP contribution in [0.25, 0.3) is 0 Å². The molecule has 0 aromatic rings. The number of amides is 1. The van der Waals surface area contributed by atoms with Crippen LogP contribution in [0, 0.1) is 0 Å². The summed E-state index contributed by atoms with van der Waals surface area (Å²) in [5.74, 6) is -0.495. The number of ether oxygens (including phenoxy) is 1. The van der Waals surface area contributed by atoms with Gasteiger partial charge in [0.05, 0.1) is 25.2 Å². The molecule has 0 aromatic carbocycles. The average molecular weight is 929 g/mol. The first kappa shape index (κ1) is 64.1. The van der Waals surface area contributed by atoms with Crippen LogP contribution >= 0.6 is 0 Å². The lowest BCUT2D eigenvalue weighted by Crippen LogP contribution is -2.46. The minimum absolute atomic E-state index is 0.0562. The molecular formula is C60H113NO5. The molecule has 0 spiro atoms. The summed E-state index contributed by atoms with van der Waals surface area (Å²) in [6.45, 7) is 6.48. The van der Waals surface area contributed by atoms with Gasteiger partial charge in [-0.2, -0.15) is 0 Å². The zero-order valence-corrected chi connectivity index (χ0v) is 44.3. The topological polar surface area (TPSA) is 95.9 Å². The highest BCUT2D eigenvalue weighted by Gasteiger charge is 2.24. The van der Waals surface area contributed by atoms with Crippen molar-refractivity contribution in [2.24, 2.45) is 0 Å². The van der Waals surface area contributed by atoms with Gasteiger partial charge in [-0.1, -0.05) is 269 Å².